The van der Waals surface area contributed by atoms with E-state index in [-0.39, 0.29) is 18.4 Å². The number of benzene rings is 1. The predicted octanol–water partition coefficient (Wildman–Crippen LogP) is 3.51. The molecule has 1 aliphatic carbocycles. The summed E-state index contributed by atoms with van der Waals surface area (Å²) in [5.74, 6) is 1.81. The fourth-order valence-electron chi connectivity index (χ4n) is 2.64. The van der Waals surface area contributed by atoms with Crippen LogP contribution in [0.5, 0.6) is 0 Å². The summed E-state index contributed by atoms with van der Waals surface area (Å²) in [6, 6.07) is 7.79. The molecule has 0 spiro atoms. The highest BCUT2D eigenvalue weighted by Crippen LogP contribution is 2.33. The highest BCUT2D eigenvalue weighted by Gasteiger charge is 2.24. The zero-order valence-electron chi connectivity index (χ0n) is 11.6. The molecule has 0 aliphatic heterocycles. The minimum Gasteiger partial charge on any atom is -0.337 e. The molecule has 108 valence electrons. The van der Waals surface area contributed by atoms with Gasteiger partial charge in [0.15, 0.2) is 5.82 Å². The van der Waals surface area contributed by atoms with Crippen LogP contribution in [0.4, 0.5) is 0 Å². The summed E-state index contributed by atoms with van der Waals surface area (Å²) in [6.45, 7) is 2.06. The smallest absolute Gasteiger partial charge is 0.248 e. The van der Waals surface area contributed by atoms with E-state index >= 15 is 0 Å². The average molecular weight is 294 g/mol. The first kappa shape index (κ1) is 15.0. The maximum absolute atomic E-state index is 6.18. The van der Waals surface area contributed by atoms with Gasteiger partial charge in [0.05, 0.1) is 0 Å². The average Bonchev–Trinajstić information content (AvgIpc) is 3.10. The van der Waals surface area contributed by atoms with Crippen LogP contribution < -0.4 is 5.73 Å². The lowest BCUT2D eigenvalue weighted by Gasteiger charge is -2.07. The minimum atomic E-state index is -0.330. The minimum absolute atomic E-state index is 0. The quantitative estimate of drug-likeness (QED) is 0.940. The molecule has 0 bridgehead atoms. The van der Waals surface area contributed by atoms with E-state index in [1.807, 2.05) is 24.3 Å². The van der Waals surface area contributed by atoms with Gasteiger partial charge in [0.1, 0.15) is 6.04 Å². The molecule has 1 atom stereocenters. The van der Waals surface area contributed by atoms with Crippen molar-refractivity contribution < 1.29 is 4.52 Å². The molecule has 2 N–H and O–H groups in total. The van der Waals surface area contributed by atoms with Gasteiger partial charge in [0, 0.05) is 5.92 Å². The third-order valence-electron chi connectivity index (χ3n) is 3.88. The molecule has 1 heterocycles. The molecule has 0 saturated heterocycles. The summed E-state index contributed by atoms with van der Waals surface area (Å²) >= 11 is 0. The molecule has 1 fully saturated rings. The van der Waals surface area contributed by atoms with E-state index in [0.29, 0.717) is 11.8 Å². The Labute approximate surface area is 125 Å². The fourth-order valence-corrected chi connectivity index (χ4v) is 2.64. The van der Waals surface area contributed by atoms with Gasteiger partial charge < -0.3 is 10.3 Å². The molecule has 1 saturated carbocycles. The second kappa shape index (κ2) is 6.37. The molecule has 1 aliphatic rings. The van der Waals surface area contributed by atoms with Gasteiger partial charge in [-0.2, -0.15) is 4.98 Å². The van der Waals surface area contributed by atoms with Gasteiger partial charge in [0.25, 0.3) is 0 Å². The van der Waals surface area contributed by atoms with Crippen LogP contribution in [0.15, 0.2) is 28.8 Å². The Kier molecular flexibility index (Phi) is 4.78. The summed E-state index contributed by atoms with van der Waals surface area (Å²) in [4.78, 5) is 4.49. The first-order valence-electron chi connectivity index (χ1n) is 6.89. The van der Waals surface area contributed by atoms with Gasteiger partial charge in [-0.25, -0.2) is 0 Å². The van der Waals surface area contributed by atoms with Crippen molar-refractivity contribution in [1.29, 1.82) is 0 Å². The van der Waals surface area contributed by atoms with Crippen LogP contribution in [0, 0.1) is 6.92 Å². The largest absolute Gasteiger partial charge is 0.337 e. The normalized spacial score (nSPS) is 16.9. The molecule has 1 unspecified atom stereocenters. The van der Waals surface area contributed by atoms with Gasteiger partial charge >= 0.3 is 0 Å². The Morgan fingerprint density at radius 1 is 1.20 bits per heavy atom. The van der Waals surface area contributed by atoms with Crippen molar-refractivity contribution >= 4 is 12.4 Å². The van der Waals surface area contributed by atoms with Crippen LogP contribution in [-0.2, 0) is 0 Å². The van der Waals surface area contributed by atoms with Crippen LogP contribution >= 0.6 is 12.4 Å². The second-order valence-corrected chi connectivity index (χ2v) is 5.36. The Hall–Kier alpha value is -1.39. The molecular formula is C15H20ClN3O. The summed E-state index contributed by atoms with van der Waals surface area (Å²) in [5.41, 5.74) is 8.40. The van der Waals surface area contributed by atoms with Crippen molar-refractivity contribution in [3.8, 4) is 0 Å². The zero-order chi connectivity index (χ0) is 13.2. The van der Waals surface area contributed by atoms with E-state index in [4.69, 9.17) is 10.3 Å². The van der Waals surface area contributed by atoms with Gasteiger partial charge in [-0.3, -0.25) is 0 Å². The molecule has 1 aromatic heterocycles. The number of aromatic nitrogens is 2. The summed E-state index contributed by atoms with van der Waals surface area (Å²) in [6.07, 6.45) is 4.86. The lowest BCUT2D eigenvalue weighted by molar-refractivity contribution is 0.359. The lowest BCUT2D eigenvalue weighted by Crippen LogP contribution is -2.12. The van der Waals surface area contributed by atoms with E-state index in [0.717, 1.165) is 11.4 Å². The van der Waals surface area contributed by atoms with Crippen LogP contribution in [-0.4, -0.2) is 10.1 Å². The molecule has 0 amide bonds. The summed E-state index contributed by atoms with van der Waals surface area (Å²) in [5, 5.41) is 4.10. The highest BCUT2D eigenvalue weighted by molar-refractivity contribution is 5.85. The molecule has 2 aromatic rings. The molecule has 20 heavy (non-hydrogen) atoms. The Bertz CT molecular complexity index is 547. The van der Waals surface area contributed by atoms with Crippen molar-refractivity contribution in [2.45, 2.75) is 44.6 Å². The lowest BCUT2D eigenvalue weighted by atomic mass is 10.1. The van der Waals surface area contributed by atoms with Crippen molar-refractivity contribution in [2.24, 2.45) is 5.73 Å². The molecule has 4 nitrogen and oxygen atoms in total. The monoisotopic (exact) mass is 293 g/mol. The first-order valence-corrected chi connectivity index (χ1v) is 6.89. The van der Waals surface area contributed by atoms with Crippen LogP contribution in [0.25, 0.3) is 0 Å². The number of halogens is 1. The van der Waals surface area contributed by atoms with Gasteiger partial charge in [0.2, 0.25) is 5.89 Å². The maximum Gasteiger partial charge on any atom is 0.248 e. The number of nitrogens with two attached hydrogens (primary N) is 1. The topological polar surface area (TPSA) is 64.9 Å². The Balaban J connectivity index is 0.00000147. The van der Waals surface area contributed by atoms with E-state index < -0.39 is 0 Å². The molecule has 0 radical (unpaired) electrons. The summed E-state index contributed by atoms with van der Waals surface area (Å²) < 4.78 is 5.34. The summed E-state index contributed by atoms with van der Waals surface area (Å²) in [7, 11) is 0. The first-order chi connectivity index (χ1) is 9.24. The van der Waals surface area contributed by atoms with E-state index in [1.54, 1.807) is 0 Å². The number of nitrogens with zero attached hydrogens (tertiary/aromatic N) is 2. The maximum atomic E-state index is 6.18. The molecular weight excluding hydrogens is 274 g/mol. The predicted molar refractivity (Wildman–Crippen MR) is 80.0 cm³/mol. The van der Waals surface area contributed by atoms with Crippen LogP contribution in [0.1, 0.15) is 60.5 Å². The van der Waals surface area contributed by atoms with Gasteiger partial charge in [-0.05, 0) is 25.3 Å². The Morgan fingerprint density at radius 3 is 2.50 bits per heavy atom. The van der Waals surface area contributed by atoms with E-state index in [1.165, 1.54) is 31.2 Å². The van der Waals surface area contributed by atoms with E-state index in [9.17, 15) is 0 Å². The van der Waals surface area contributed by atoms with Gasteiger partial charge in [-0.1, -0.05) is 47.8 Å². The van der Waals surface area contributed by atoms with Crippen molar-refractivity contribution in [3.63, 3.8) is 0 Å². The van der Waals surface area contributed by atoms with Crippen molar-refractivity contribution in [2.75, 3.05) is 0 Å². The molecule has 5 heteroatoms. The van der Waals surface area contributed by atoms with Crippen LogP contribution in [0.2, 0.25) is 0 Å². The van der Waals surface area contributed by atoms with E-state index in [2.05, 4.69) is 17.1 Å². The number of rotatable bonds is 3. The fraction of sp³-hybridized carbons (Fsp3) is 0.467. The standard InChI is InChI=1S/C15H19N3O.ClH/c1-10-6-8-11(9-7-10)13(16)15-17-14(18-19-15)12-4-2-3-5-12;/h6-9,12-13H,2-5,16H2,1H3;1H. The number of hydrogen-bond acceptors (Lipinski definition) is 4. The third-order valence-corrected chi connectivity index (χ3v) is 3.88. The molecule has 1 aromatic carbocycles. The second-order valence-electron chi connectivity index (χ2n) is 5.36. The van der Waals surface area contributed by atoms with Crippen LogP contribution in [0.3, 0.4) is 0 Å². The zero-order valence-corrected chi connectivity index (χ0v) is 12.4. The van der Waals surface area contributed by atoms with Gasteiger partial charge in [-0.15, -0.1) is 12.4 Å². The number of hydrogen-bond donors (Lipinski definition) is 1. The van der Waals surface area contributed by atoms with Crippen molar-refractivity contribution in [1.82, 2.24) is 10.1 Å². The highest BCUT2D eigenvalue weighted by atomic mass is 35.5. The molecule has 3 rings (SSSR count). The number of aryl methyl sites for hydroxylation is 1. The third kappa shape index (κ3) is 3.02. The van der Waals surface area contributed by atoms with Crippen molar-refractivity contribution in [3.05, 3.63) is 47.1 Å². The Morgan fingerprint density at radius 2 is 1.85 bits per heavy atom. The SMILES string of the molecule is Cc1ccc(C(N)c2nc(C3CCCC3)no2)cc1.Cl.